The van der Waals surface area contributed by atoms with E-state index in [2.05, 4.69) is 10.6 Å². The summed E-state index contributed by atoms with van der Waals surface area (Å²) >= 11 is 0. The Morgan fingerprint density at radius 1 is 1.48 bits per heavy atom. The van der Waals surface area contributed by atoms with Crippen molar-refractivity contribution in [2.45, 2.75) is 19.8 Å². The number of anilines is 1. The first-order valence-electron chi connectivity index (χ1n) is 7.02. The van der Waals surface area contributed by atoms with E-state index < -0.39 is 4.92 Å². The van der Waals surface area contributed by atoms with Crippen LogP contribution in [0.15, 0.2) is 18.2 Å². The van der Waals surface area contributed by atoms with Gasteiger partial charge in [-0.15, -0.1) is 0 Å². The highest BCUT2D eigenvalue weighted by atomic mass is 16.6. The summed E-state index contributed by atoms with van der Waals surface area (Å²) in [6, 6.07) is 4.41. The maximum atomic E-state index is 11.8. The van der Waals surface area contributed by atoms with Gasteiger partial charge in [-0.3, -0.25) is 14.9 Å². The number of carbonyl (C=O) groups is 1. The van der Waals surface area contributed by atoms with Crippen LogP contribution in [-0.4, -0.2) is 30.5 Å². The van der Waals surface area contributed by atoms with Crippen molar-refractivity contribution in [1.29, 1.82) is 0 Å². The average Bonchev–Trinajstić information content (AvgIpc) is 3.24. The predicted octanol–water partition coefficient (Wildman–Crippen LogP) is 1.93. The number of carbonyl (C=O) groups excluding carboxylic acids is 1. The molecule has 1 aromatic rings. The van der Waals surface area contributed by atoms with Crippen molar-refractivity contribution in [3.8, 4) is 5.75 Å². The molecule has 0 saturated heterocycles. The number of nitro benzene ring substituents is 1. The summed E-state index contributed by atoms with van der Waals surface area (Å²) in [4.78, 5) is 22.3. The number of rotatable bonds is 8. The number of ether oxygens (including phenoxy) is 1. The Bertz CT molecular complexity index is 529. The van der Waals surface area contributed by atoms with Gasteiger partial charge in [0.25, 0.3) is 5.69 Å². The topological polar surface area (TPSA) is 93.5 Å². The molecule has 2 N–H and O–H groups in total. The number of benzene rings is 1. The smallest absolute Gasteiger partial charge is 0.296 e. The van der Waals surface area contributed by atoms with Gasteiger partial charge < -0.3 is 15.4 Å². The van der Waals surface area contributed by atoms with E-state index >= 15 is 0 Å². The van der Waals surface area contributed by atoms with Crippen LogP contribution < -0.4 is 15.4 Å². The molecule has 0 spiro atoms. The Labute approximate surface area is 122 Å². The number of nitrogens with one attached hydrogen (secondary N) is 2. The van der Waals surface area contributed by atoms with E-state index in [4.69, 9.17) is 4.74 Å². The Balaban J connectivity index is 1.96. The van der Waals surface area contributed by atoms with Gasteiger partial charge in [0, 0.05) is 0 Å². The number of nitrogens with zero attached hydrogens (tertiary/aromatic N) is 1. The highest BCUT2D eigenvalue weighted by Gasteiger charge is 2.21. The molecule has 0 aromatic heterocycles. The fourth-order valence-corrected chi connectivity index (χ4v) is 1.93. The molecule has 0 radical (unpaired) electrons. The minimum Gasteiger partial charge on any atom is -0.494 e. The number of hydrogen-bond acceptors (Lipinski definition) is 5. The summed E-state index contributed by atoms with van der Waals surface area (Å²) in [6.07, 6.45) is 2.41. The molecule has 1 saturated carbocycles. The molecule has 0 heterocycles. The van der Waals surface area contributed by atoms with Gasteiger partial charge in [0.05, 0.1) is 24.1 Å². The maximum absolute atomic E-state index is 11.8. The van der Waals surface area contributed by atoms with E-state index in [0.29, 0.717) is 18.3 Å². The first kappa shape index (κ1) is 15.2. The zero-order valence-electron chi connectivity index (χ0n) is 11.9. The molecule has 1 fully saturated rings. The molecule has 0 bridgehead atoms. The van der Waals surface area contributed by atoms with Gasteiger partial charge in [0.15, 0.2) is 0 Å². The Morgan fingerprint density at radius 3 is 2.86 bits per heavy atom. The standard InChI is InChI=1S/C14H19N3O4/c1-2-21-11-5-6-12(13(7-11)17(19)20)16-14(18)9-15-8-10-3-4-10/h5-7,10,15H,2-4,8-9H2,1H3,(H,16,18). The minimum atomic E-state index is -0.532. The SMILES string of the molecule is CCOc1ccc(NC(=O)CNCC2CC2)c([N+](=O)[O-])c1. The average molecular weight is 293 g/mol. The molecule has 7 heteroatoms. The molecule has 7 nitrogen and oxygen atoms in total. The van der Waals surface area contributed by atoms with Crippen molar-refractivity contribution < 1.29 is 14.5 Å². The monoisotopic (exact) mass is 293 g/mol. The molecule has 0 atom stereocenters. The summed E-state index contributed by atoms with van der Waals surface area (Å²) in [5.74, 6) is 0.801. The van der Waals surface area contributed by atoms with E-state index in [-0.39, 0.29) is 23.8 Å². The fourth-order valence-electron chi connectivity index (χ4n) is 1.93. The molecular weight excluding hydrogens is 274 g/mol. The van der Waals surface area contributed by atoms with Crippen LogP contribution in [-0.2, 0) is 4.79 Å². The van der Waals surface area contributed by atoms with Crippen molar-refractivity contribution in [3.05, 3.63) is 28.3 Å². The second-order valence-corrected chi connectivity index (χ2v) is 4.99. The zero-order valence-corrected chi connectivity index (χ0v) is 11.9. The van der Waals surface area contributed by atoms with E-state index in [1.807, 2.05) is 0 Å². The normalized spacial score (nSPS) is 13.8. The number of hydrogen-bond donors (Lipinski definition) is 2. The Kier molecular flexibility index (Phi) is 5.10. The lowest BCUT2D eigenvalue weighted by molar-refractivity contribution is -0.384. The van der Waals surface area contributed by atoms with E-state index in [0.717, 1.165) is 6.54 Å². The molecular formula is C14H19N3O4. The first-order chi connectivity index (χ1) is 10.1. The van der Waals surface area contributed by atoms with Crippen LogP contribution in [0.5, 0.6) is 5.75 Å². The quantitative estimate of drug-likeness (QED) is 0.564. The highest BCUT2D eigenvalue weighted by molar-refractivity contribution is 5.94. The van der Waals surface area contributed by atoms with E-state index in [9.17, 15) is 14.9 Å². The predicted molar refractivity (Wildman–Crippen MR) is 78.5 cm³/mol. The van der Waals surface area contributed by atoms with Crippen LogP contribution in [0, 0.1) is 16.0 Å². The summed E-state index contributed by atoms with van der Waals surface area (Å²) in [7, 11) is 0. The summed E-state index contributed by atoms with van der Waals surface area (Å²) < 4.78 is 5.23. The third kappa shape index (κ3) is 4.71. The number of amides is 1. The van der Waals surface area contributed by atoms with Gasteiger partial charge in [-0.25, -0.2) is 0 Å². The molecule has 21 heavy (non-hydrogen) atoms. The first-order valence-corrected chi connectivity index (χ1v) is 7.02. The molecule has 1 aliphatic rings. The lowest BCUT2D eigenvalue weighted by Gasteiger charge is -2.09. The van der Waals surface area contributed by atoms with Gasteiger partial charge in [-0.2, -0.15) is 0 Å². The Morgan fingerprint density at radius 2 is 2.24 bits per heavy atom. The largest absolute Gasteiger partial charge is 0.494 e. The van der Waals surface area contributed by atoms with Crippen molar-refractivity contribution in [2.24, 2.45) is 5.92 Å². The highest BCUT2D eigenvalue weighted by Crippen LogP contribution is 2.29. The molecule has 1 aromatic carbocycles. The third-order valence-electron chi connectivity index (χ3n) is 3.17. The van der Waals surface area contributed by atoms with E-state index in [1.165, 1.54) is 25.0 Å². The molecule has 114 valence electrons. The molecule has 0 unspecified atom stereocenters. The van der Waals surface area contributed by atoms with Crippen LogP contribution in [0.3, 0.4) is 0 Å². The van der Waals surface area contributed by atoms with Crippen molar-refractivity contribution >= 4 is 17.3 Å². The van der Waals surface area contributed by atoms with Gasteiger partial charge in [0.2, 0.25) is 5.91 Å². The van der Waals surface area contributed by atoms with Crippen LogP contribution in [0.1, 0.15) is 19.8 Å². The lowest BCUT2D eigenvalue weighted by Crippen LogP contribution is -2.29. The van der Waals surface area contributed by atoms with Gasteiger partial charge in [-0.05, 0) is 44.4 Å². The summed E-state index contributed by atoms with van der Waals surface area (Å²) in [5, 5.41) is 16.7. The Hall–Kier alpha value is -2.15. The van der Waals surface area contributed by atoms with Crippen molar-refractivity contribution in [3.63, 3.8) is 0 Å². The second-order valence-electron chi connectivity index (χ2n) is 4.99. The van der Waals surface area contributed by atoms with Crippen LogP contribution in [0.4, 0.5) is 11.4 Å². The maximum Gasteiger partial charge on any atom is 0.296 e. The fraction of sp³-hybridized carbons (Fsp3) is 0.500. The molecule has 1 aliphatic carbocycles. The van der Waals surface area contributed by atoms with Crippen LogP contribution in [0.2, 0.25) is 0 Å². The molecule has 1 amide bonds. The number of nitro groups is 1. The second kappa shape index (κ2) is 7.03. The van der Waals surface area contributed by atoms with Crippen molar-refractivity contribution in [1.82, 2.24) is 5.32 Å². The lowest BCUT2D eigenvalue weighted by atomic mass is 10.2. The zero-order chi connectivity index (χ0) is 15.2. The summed E-state index contributed by atoms with van der Waals surface area (Å²) in [6.45, 7) is 3.20. The van der Waals surface area contributed by atoms with Crippen LogP contribution in [0.25, 0.3) is 0 Å². The minimum absolute atomic E-state index is 0.154. The van der Waals surface area contributed by atoms with Crippen LogP contribution >= 0.6 is 0 Å². The van der Waals surface area contributed by atoms with E-state index in [1.54, 1.807) is 13.0 Å². The molecule has 2 rings (SSSR count). The third-order valence-corrected chi connectivity index (χ3v) is 3.17. The molecule has 0 aliphatic heterocycles. The van der Waals surface area contributed by atoms with Gasteiger partial charge >= 0.3 is 0 Å². The van der Waals surface area contributed by atoms with Gasteiger partial charge in [0.1, 0.15) is 11.4 Å². The van der Waals surface area contributed by atoms with Crippen molar-refractivity contribution in [2.75, 3.05) is 25.0 Å². The van der Waals surface area contributed by atoms with Gasteiger partial charge in [-0.1, -0.05) is 0 Å². The summed E-state index contributed by atoms with van der Waals surface area (Å²) in [5.41, 5.74) is 0.0122.